The molecule has 0 saturated carbocycles. The van der Waals surface area contributed by atoms with Crippen LogP contribution < -0.4 is 15.4 Å². The van der Waals surface area contributed by atoms with Crippen LogP contribution in [0.25, 0.3) is 0 Å². The van der Waals surface area contributed by atoms with Crippen LogP contribution in [0, 0.1) is 13.8 Å². The fourth-order valence-electron chi connectivity index (χ4n) is 3.09. The number of carbonyl (C=O) groups excluding carboxylic acids is 2. The molecule has 3 aromatic carbocycles. The van der Waals surface area contributed by atoms with E-state index in [0.29, 0.717) is 30.0 Å². The van der Waals surface area contributed by atoms with E-state index in [9.17, 15) is 9.59 Å². The number of anilines is 2. The Hall–Kier alpha value is -3.60. The van der Waals surface area contributed by atoms with Gasteiger partial charge in [0.25, 0.3) is 5.91 Å². The predicted octanol–water partition coefficient (Wildman–Crippen LogP) is 5.28. The number of hydrogen-bond acceptors (Lipinski definition) is 3. The van der Waals surface area contributed by atoms with E-state index >= 15 is 0 Å². The molecule has 0 aliphatic rings. The van der Waals surface area contributed by atoms with E-state index in [1.54, 1.807) is 31.2 Å². The van der Waals surface area contributed by atoms with Crippen molar-refractivity contribution >= 4 is 23.2 Å². The molecule has 2 amide bonds. The fourth-order valence-corrected chi connectivity index (χ4v) is 3.09. The monoisotopic (exact) mass is 416 g/mol. The molecule has 2 N–H and O–H groups in total. The van der Waals surface area contributed by atoms with Crippen molar-refractivity contribution in [1.82, 2.24) is 0 Å². The second kappa shape index (κ2) is 10.4. The van der Waals surface area contributed by atoms with Crippen molar-refractivity contribution in [3.05, 3.63) is 89.5 Å². The molecule has 0 aliphatic heterocycles. The normalized spacial score (nSPS) is 11.5. The van der Waals surface area contributed by atoms with Gasteiger partial charge in [-0.05, 0) is 74.2 Å². The number of carbonyl (C=O) groups is 2. The van der Waals surface area contributed by atoms with Gasteiger partial charge in [-0.3, -0.25) is 9.59 Å². The molecular formula is C26H28N2O3. The Morgan fingerprint density at radius 2 is 1.52 bits per heavy atom. The fraction of sp³-hybridized carbons (Fsp3) is 0.231. The molecule has 0 aromatic heterocycles. The van der Waals surface area contributed by atoms with Gasteiger partial charge in [-0.25, -0.2) is 0 Å². The largest absolute Gasteiger partial charge is 0.481 e. The van der Waals surface area contributed by atoms with Crippen LogP contribution >= 0.6 is 0 Å². The zero-order valence-corrected chi connectivity index (χ0v) is 18.1. The summed E-state index contributed by atoms with van der Waals surface area (Å²) >= 11 is 0. The molecule has 5 heteroatoms. The first-order chi connectivity index (χ1) is 14.9. The number of rotatable bonds is 8. The first-order valence-electron chi connectivity index (χ1n) is 10.4. The summed E-state index contributed by atoms with van der Waals surface area (Å²) in [5.74, 6) is 0.424. The number of benzene rings is 3. The summed E-state index contributed by atoms with van der Waals surface area (Å²) in [4.78, 5) is 24.7. The van der Waals surface area contributed by atoms with Gasteiger partial charge in [-0.15, -0.1) is 0 Å². The standard InChI is InChI=1S/C26H28N2O3/c1-18-9-10-19(2)24(17-18)31-20(3)26(30)28-23-14-12-22(13-15-23)27-25(29)16-11-21-7-5-4-6-8-21/h4-10,12-15,17,20H,11,16H2,1-3H3,(H,27,29)(H,28,30). The summed E-state index contributed by atoms with van der Waals surface area (Å²) in [7, 11) is 0. The third-order valence-corrected chi connectivity index (χ3v) is 4.94. The summed E-state index contributed by atoms with van der Waals surface area (Å²) in [6.07, 6.45) is 0.465. The molecule has 0 fully saturated rings. The van der Waals surface area contributed by atoms with E-state index in [2.05, 4.69) is 10.6 Å². The molecule has 0 spiro atoms. The van der Waals surface area contributed by atoms with Crippen LogP contribution in [-0.4, -0.2) is 17.9 Å². The Bertz CT molecular complexity index is 1030. The lowest BCUT2D eigenvalue weighted by atomic mass is 10.1. The second-order valence-electron chi connectivity index (χ2n) is 7.63. The van der Waals surface area contributed by atoms with E-state index in [0.717, 1.165) is 16.7 Å². The highest BCUT2D eigenvalue weighted by Crippen LogP contribution is 2.21. The first-order valence-corrected chi connectivity index (χ1v) is 10.4. The van der Waals surface area contributed by atoms with Gasteiger partial charge in [-0.2, -0.15) is 0 Å². The number of ether oxygens (including phenoxy) is 1. The van der Waals surface area contributed by atoms with E-state index in [4.69, 9.17) is 4.74 Å². The molecule has 1 atom stereocenters. The highest BCUT2D eigenvalue weighted by Gasteiger charge is 2.16. The summed E-state index contributed by atoms with van der Waals surface area (Å²) in [6.45, 7) is 5.66. The molecule has 3 rings (SSSR count). The van der Waals surface area contributed by atoms with Crippen LogP contribution in [0.4, 0.5) is 11.4 Å². The average Bonchev–Trinajstić information content (AvgIpc) is 2.77. The Kier molecular flexibility index (Phi) is 7.44. The van der Waals surface area contributed by atoms with Crippen LogP contribution in [0.2, 0.25) is 0 Å². The van der Waals surface area contributed by atoms with Crippen molar-refractivity contribution in [2.75, 3.05) is 10.6 Å². The van der Waals surface area contributed by atoms with Crippen molar-refractivity contribution in [3.8, 4) is 5.75 Å². The number of nitrogens with one attached hydrogen (secondary N) is 2. The van der Waals surface area contributed by atoms with E-state index in [1.807, 2.05) is 62.4 Å². The molecule has 0 heterocycles. The van der Waals surface area contributed by atoms with Crippen molar-refractivity contribution in [3.63, 3.8) is 0 Å². The van der Waals surface area contributed by atoms with E-state index in [1.165, 1.54) is 0 Å². The summed E-state index contributed by atoms with van der Waals surface area (Å²) in [5, 5.41) is 5.73. The topological polar surface area (TPSA) is 67.4 Å². The van der Waals surface area contributed by atoms with Gasteiger partial charge in [0.2, 0.25) is 5.91 Å². The lowest BCUT2D eigenvalue weighted by molar-refractivity contribution is -0.122. The molecule has 0 aliphatic carbocycles. The maximum atomic E-state index is 12.5. The van der Waals surface area contributed by atoms with Gasteiger partial charge in [0.1, 0.15) is 5.75 Å². The third-order valence-electron chi connectivity index (χ3n) is 4.94. The molecule has 0 radical (unpaired) electrons. The zero-order valence-electron chi connectivity index (χ0n) is 18.1. The smallest absolute Gasteiger partial charge is 0.265 e. The van der Waals surface area contributed by atoms with Crippen molar-refractivity contribution in [2.45, 2.75) is 39.7 Å². The Morgan fingerprint density at radius 3 is 2.19 bits per heavy atom. The third kappa shape index (κ3) is 6.71. The summed E-state index contributed by atoms with van der Waals surface area (Å²) in [5.41, 5.74) is 4.53. The number of hydrogen-bond donors (Lipinski definition) is 2. The van der Waals surface area contributed by atoms with Gasteiger partial charge in [0.05, 0.1) is 0 Å². The average molecular weight is 417 g/mol. The predicted molar refractivity (Wildman–Crippen MR) is 124 cm³/mol. The Balaban J connectivity index is 1.49. The first kappa shape index (κ1) is 22.1. The Labute approximate surface area is 183 Å². The van der Waals surface area contributed by atoms with Gasteiger partial charge in [0, 0.05) is 17.8 Å². The molecule has 0 saturated heterocycles. The van der Waals surface area contributed by atoms with Gasteiger partial charge in [-0.1, -0.05) is 42.5 Å². The highest BCUT2D eigenvalue weighted by molar-refractivity contribution is 5.95. The molecular weight excluding hydrogens is 388 g/mol. The van der Waals surface area contributed by atoms with Crippen LogP contribution in [0.5, 0.6) is 5.75 Å². The second-order valence-corrected chi connectivity index (χ2v) is 7.63. The van der Waals surface area contributed by atoms with Crippen LogP contribution in [0.3, 0.4) is 0 Å². The van der Waals surface area contributed by atoms with Crippen LogP contribution in [-0.2, 0) is 16.0 Å². The van der Waals surface area contributed by atoms with Crippen molar-refractivity contribution in [1.29, 1.82) is 0 Å². The molecule has 3 aromatic rings. The quantitative estimate of drug-likeness (QED) is 0.525. The SMILES string of the molecule is Cc1ccc(C)c(OC(C)C(=O)Nc2ccc(NC(=O)CCc3ccccc3)cc2)c1. The van der Waals surface area contributed by atoms with E-state index in [-0.39, 0.29) is 11.8 Å². The molecule has 160 valence electrons. The molecule has 31 heavy (non-hydrogen) atoms. The molecule has 5 nitrogen and oxygen atoms in total. The molecule has 0 bridgehead atoms. The highest BCUT2D eigenvalue weighted by atomic mass is 16.5. The number of aryl methyl sites for hydroxylation is 3. The number of amides is 2. The van der Waals surface area contributed by atoms with Gasteiger partial charge in [0.15, 0.2) is 6.10 Å². The summed E-state index contributed by atoms with van der Waals surface area (Å²) in [6, 6.07) is 22.9. The minimum Gasteiger partial charge on any atom is -0.481 e. The van der Waals surface area contributed by atoms with Gasteiger partial charge >= 0.3 is 0 Å². The minimum atomic E-state index is -0.641. The maximum Gasteiger partial charge on any atom is 0.265 e. The molecule has 1 unspecified atom stereocenters. The lowest BCUT2D eigenvalue weighted by Gasteiger charge is -2.17. The zero-order chi connectivity index (χ0) is 22.2. The maximum absolute atomic E-state index is 12.5. The van der Waals surface area contributed by atoms with Crippen LogP contribution in [0.15, 0.2) is 72.8 Å². The van der Waals surface area contributed by atoms with Crippen molar-refractivity contribution < 1.29 is 14.3 Å². The van der Waals surface area contributed by atoms with Gasteiger partial charge < -0.3 is 15.4 Å². The minimum absolute atomic E-state index is 0.0452. The van der Waals surface area contributed by atoms with Crippen molar-refractivity contribution in [2.24, 2.45) is 0 Å². The van der Waals surface area contributed by atoms with E-state index < -0.39 is 6.10 Å². The van der Waals surface area contributed by atoms with Crippen LogP contribution in [0.1, 0.15) is 30.0 Å². The lowest BCUT2D eigenvalue weighted by Crippen LogP contribution is -2.30. The Morgan fingerprint density at radius 1 is 0.871 bits per heavy atom. The summed E-state index contributed by atoms with van der Waals surface area (Å²) < 4.78 is 5.83.